The van der Waals surface area contributed by atoms with E-state index in [0.29, 0.717) is 19.7 Å². The zero-order valence-corrected chi connectivity index (χ0v) is 9.62. The minimum Gasteiger partial charge on any atom is -0.375 e. The third-order valence-corrected chi connectivity index (χ3v) is 2.70. The van der Waals surface area contributed by atoms with Crippen LogP contribution in [-0.2, 0) is 9.53 Å². The van der Waals surface area contributed by atoms with Gasteiger partial charge >= 0.3 is 0 Å². The highest BCUT2D eigenvalue weighted by atomic mass is 16.5. The maximum atomic E-state index is 12.0. The number of ether oxygens (including phenoxy) is 1. The highest BCUT2D eigenvalue weighted by molar-refractivity contribution is 5.84. The first-order valence-electron chi connectivity index (χ1n) is 5.33. The van der Waals surface area contributed by atoms with Crippen LogP contribution in [0.15, 0.2) is 0 Å². The van der Waals surface area contributed by atoms with Crippen molar-refractivity contribution in [2.75, 3.05) is 19.7 Å². The predicted octanol–water partition coefficient (Wildman–Crippen LogP) is 1.17. The molecule has 1 aliphatic rings. The predicted molar refractivity (Wildman–Crippen MR) is 56.0 cm³/mol. The van der Waals surface area contributed by atoms with Crippen LogP contribution in [0, 0.1) is 16.7 Å². The lowest BCUT2D eigenvalue weighted by atomic mass is 9.93. The Balaban J connectivity index is 2.65. The van der Waals surface area contributed by atoms with Gasteiger partial charge in [-0.05, 0) is 20.3 Å². The lowest BCUT2D eigenvalue weighted by Crippen LogP contribution is -2.49. The number of hydrogen-bond acceptors (Lipinski definition) is 3. The van der Waals surface area contributed by atoms with Gasteiger partial charge in [-0.1, -0.05) is 6.92 Å². The van der Waals surface area contributed by atoms with Gasteiger partial charge in [-0.25, -0.2) is 0 Å². The van der Waals surface area contributed by atoms with E-state index in [0.717, 1.165) is 6.42 Å². The molecule has 0 bridgehead atoms. The highest BCUT2D eigenvalue weighted by Gasteiger charge is 2.34. The first-order valence-corrected chi connectivity index (χ1v) is 5.33. The summed E-state index contributed by atoms with van der Waals surface area (Å²) in [5.41, 5.74) is -0.921. The number of hydrogen-bond donors (Lipinski definition) is 0. The molecule has 4 nitrogen and oxygen atoms in total. The van der Waals surface area contributed by atoms with Crippen LogP contribution < -0.4 is 0 Å². The van der Waals surface area contributed by atoms with Gasteiger partial charge in [-0.3, -0.25) is 4.79 Å². The summed E-state index contributed by atoms with van der Waals surface area (Å²) in [6.07, 6.45) is 1.02. The zero-order chi connectivity index (χ0) is 11.5. The average Bonchev–Trinajstić information content (AvgIpc) is 2.28. The van der Waals surface area contributed by atoms with Gasteiger partial charge in [0.05, 0.1) is 18.8 Å². The van der Waals surface area contributed by atoms with Crippen molar-refractivity contribution in [1.29, 1.82) is 5.26 Å². The van der Waals surface area contributed by atoms with Crippen LogP contribution in [0.3, 0.4) is 0 Å². The minimum absolute atomic E-state index is 0.0910. The fraction of sp³-hybridized carbons (Fsp3) is 0.818. The highest BCUT2D eigenvalue weighted by Crippen LogP contribution is 2.20. The molecule has 1 heterocycles. The second kappa shape index (κ2) is 4.63. The van der Waals surface area contributed by atoms with Crippen LogP contribution in [0.25, 0.3) is 0 Å². The van der Waals surface area contributed by atoms with Gasteiger partial charge in [-0.15, -0.1) is 0 Å². The van der Waals surface area contributed by atoms with Crippen LogP contribution in [0.4, 0.5) is 0 Å². The van der Waals surface area contributed by atoms with Crippen molar-refractivity contribution >= 4 is 5.91 Å². The van der Waals surface area contributed by atoms with Gasteiger partial charge in [0.2, 0.25) is 5.91 Å². The lowest BCUT2D eigenvalue weighted by molar-refractivity contribution is -0.145. The van der Waals surface area contributed by atoms with E-state index in [1.54, 1.807) is 18.7 Å². The molecular formula is C11H18N2O2. The number of carbonyl (C=O) groups is 1. The third-order valence-electron chi connectivity index (χ3n) is 2.70. The number of nitriles is 1. The molecule has 4 heteroatoms. The van der Waals surface area contributed by atoms with Crippen LogP contribution in [-0.4, -0.2) is 36.6 Å². The van der Waals surface area contributed by atoms with Crippen molar-refractivity contribution in [1.82, 2.24) is 4.90 Å². The lowest BCUT2D eigenvalue weighted by Gasteiger charge is -2.35. The second-order valence-corrected chi connectivity index (χ2v) is 4.39. The molecular weight excluding hydrogens is 192 g/mol. The van der Waals surface area contributed by atoms with Crippen molar-refractivity contribution in [2.24, 2.45) is 5.41 Å². The molecule has 1 atom stereocenters. The molecule has 0 radical (unpaired) electrons. The summed E-state index contributed by atoms with van der Waals surface area (Å²) in [7, 11) is 0. The first kappa shape index (κ1) is 12.0. The Morgan fingerprint density at radius 2 is 2.33 bits per heavy atom. The molecule has 0 aromatic heterocycles. The number of nitrogens with zero attached hydrogens (tertiary/aromatic N) is 2. The molecule has 15 heavy (non-hydrogen) atoms. The maximum absolute atomic E-state index is 12.0. The molecule has 0 spiro atoms. The molecule has 0 aromatic rings. The molecule has 1 saturated heterocycles. The fourth-order valence-electron chi connectivity index (χ4n) is 1.59. The van der Waals surface area contributed by atoms with Crippen molar-refractivity contribution in [3.05, 3.63) is 0 Å². The number of rotatable bonds is 2. The molecule has 0 aliphatic carbocycles. The van der Waals surface area contributed by atoms with E-state index in [9.17, 15) is 4.79 Å². The normalized spacial score (nSPS) is 22.3. The third kappa shape index (κ3) is 2.69. The summed E-state index contributed by atoms with van der Waals surface area (Å²) in [5.74, 6) is -0.0910. The fourth-order valence-corrected chi connectivity index (χ4v) is 1.59. The van der Waals surface area contributed by atoms with Crippen molar-refractivity contribution < 1.29 is 9.53 Å². The van der Waals surface area contributed by atoms with Crippen LogP contribution >= 0.6 is 0 Å². The number of amides is 1. The first-order chi connectivity index (χ1) is 7.01. The zero-order valence-electron chi connectivity index (χ0n) is 9.62. The second-order valence-electron chi connectivity index (χ2n) is 4.39. The Hall–Kier alpha value is -1.08. The molecule has 1 fully saturated rings. The van der Waals surface area contributed by atoms with Gasteiger partial charge < -0.3 is 9.64 Å². The topological polar surface area (TPSA) is 53.3 Å². The van der Waals surface area contributed by atoms with Crippen molar-refractivity contribution in [3.8, 4) is 6.07 Å². The van der Waals surface area contributed by atoms with E-state index in [1.165, 1.54) is 0 Å². The van der Waals surface area contributed by atoms with Gasteiger partial charge in [0.15, 0.2) is 0 Å². The summed E-state index contributed by atoms with van der Waals surface area (Å²) in [5, 5.41) is 8.89. The largest absolute Gasteiger partial charge is 0.375 e. The Morgan fingerprint density at radius 3 is 2.87 bits per heavy atom. The van der Waals surface area contributed by atoms with Gasteiger partial charge in [0.1, 0.15) is 5.41 Å². The summed E-state index contributed by atoms with van der Waals surface area (Å²) in [4.78, 5) is 13.7. The minimum atomic E-state index is -0.921. The Morgan fingerprint density at radius 1 is 1.67 bits per heavy atom. The molecule has 0 N–H and O–H groups in total. The van der Waals surface area contributed by atoms with Crippen LogP contribution in [0.1, 0.15) is 27.2 Å². The van der Waals surface area contributed by atoms with E-state index in [4.69, 9.17) is 10.00 Å². The van der Waals surface area contributed by atoms with E-state index in [2.05, 4.69) is 0 Å². The van der Waals surface area contributed by atoms with Crippen molar-refractivity contribution in [3.63, 3.8) is 0 Å². The standard InChI is InChI=1S/C11H18N2O2/c1-4-9-7-13(5-6-15-9)10(14)11(2,3)8-12/h9H,4-7H2,1-3H3. The summed E-state index contributed by atoms with van der Waals surface area (Å²) < 4.78 is 5.48. The molecule has 84 valence electrons. The van der Waals surface area contributed by atoms with Crippen LogP contribution in [0.2, 0.25) is 0 Å². The molecule has 0 aromatic carbocycles. The Labute approximate surface area is 90.8 Å². The molecule has 0 saturated carbocycles. The van der Waals surface area contributed by atoms with E-state index < -0.39 is 5.41 Å². The monoisotopic (exact) mass is 210 g/mol. The number of morpholine rings is 1. The number of carbonyl (C=O) groups excluding carboxylic acids is 1. The van der Waals surface area contributed by atoms with E-state index in [1.807, 2.05) is 13.0 Å². The van der Waals surface area contributed by atoms with Gasteiger partial charge in [0, 0.05) is 13.1 Å². The van der Waals surface area contributed by atoms with E-state index in [-0.39, 0.29) is 12.0 Å². The molecule has 1 amide bonds. The smallest absolute Gasteiger partial charge is 0.242 e. The SMILES string of the molecule is CCC1CN(C(=O)C(C)(C)C#N)CCO1. The molecule has 1 unspecified atom stereocenters. The molecule has 1 rings (SSSR count). The summed E-state index contributed by atoms with van der Waals surface area (Å²) in [6, 6.07) is 2.04. The van der Waals surface area contributed by atoms with Crippen molar-refractivity contribution in [2.45, 2.75) is 33.3 Å². The Bertz CT molecular complexity index is 281. The summed E-state index contributed by atoms with van der Waals surface area (Å²) in [6.45, 7) is 7.14. The quantitative estimate of drug-likeness (QED) is 0.687. The van der Waals surface area contributed by atoms with Gasteiger partial charge in [-0.2, -0.15) is 5.26 Å². The average molecular weight is 210 g/mol. The Kier molecular flexibility index (Phi) is 3.70. The van der Waals surface area contributed by atoms with E-state index >= 15 is 0 Å². The van der Waals surface area contributed by atoms with Crippen LogP contribution in [0.5, 0.6) is 0 Å². The van der Waals surface area contributed by atoms with Gasteiger partial charge in [0.25, 0.3) is 0 Å². The maximum Gasteiger partial charge on any atom is 0.242 e. The molecule has 1 aliphatic heterocycles. The summed E-state index contributed by atoms with van der Waals surface area (Å²) >= 11 is 0.